The summed E-state index contributed by atoms with van der Waals surface area (Å²) < 4.78 is 10.1. The van der Waals surface area contributed by atoms with Gasteiger partial charge in [0.25, 0.3) is 0 Å². The van der Waals surface area contributed by atoms with Gasteiger partial charge in [-0.2, -0.15) is 0 Å². The smallest absolute Gasteiger partial charge is 0.200 e. The molecule has 0 spiro atoms. The number of hydrogen-bond donors (Lipinski definition) is 0. The molecule has 4 heterocycles. The standard InChI is InChI=1S/C26H30N6O.2BrH/c1-7-17-29(18-8-1)31(25-13-3-5-15-27-25)21-11-23-33-24-12-22-32(26-14-4-6-16-28-26)30-19-9-2-10-20-30;;/h1-10,13-20H,11-12,21-24H2;2*1H/q+2;;/p-2. The molecule has 4 aromatic heterocycles. The molecule has 0 fully saturated rings. The van der Waals surface area contributed by atoms with Crippen molar-refractivity contribution >= 4 is 11.6 Å². The second-order valence-electron chi connectivity index (χ2n) is 7.45. The van der Waals surface area contributed by atoms with Crippen molar-refractivity contribution in [1.29, 1.82) is 0 Å². The Morgan fingerprint density at radius 1 is 0.571 bits per heavy atom. The normalized spacial score (nSPS) is 10.1. The van der Waals surface area contributed by atoms with Gasteiger partial charge in [-0.25, -0.2) is 9.97 Å². The molecule has 0 radical (unpaired) electrons. The first-order chi connectivity index (χ1) is 16.4. The van der Waals surface area contributed by atoms with E-state index in [4.69, 9.17) is 4.74 Å². The fraction of sp³-hybridized carbons (Fsp3) is 0.231. The van der Waals surface area contributed by atoms with Gasteiger partial charge >= 0.3 is 0 Å². The lowest BCUT2D eigenvalue weighted by Crippen LogP contribution is -3.00. The highest BCUT2D eigenvalue weighted by atomic mass is 79.9. The van der Waals surface area contributed by atoms with Crippen molar-refractivity contribution in [3.63, 3.8) is 0 Å². The molecule has 0 aliphatic carbocycles. The van der Waals surface area contributed by atoms with E-state index in [1.54, 1.807) is 0 Å². The summed E-state index contributed by atoms with van der Waals surface area (Å²) in [6, 6.07) is 24.0. The van der Waals surface area contributed by atoms with Crippen LogP contribution < -0.4 is 53.3 Å². The van der Waals surface area contributed by atoms with Crippen molar-refractivity contribution in [1.82, 2.24) is 9.97 Å². The quantitative estimate of drug-likeness (QED) is 0.129. The second-order valence-corrected chi connectivity index (χ2v) is 7.45. The maximum Gasteiger partial charge on any atom is 0.200 e. The summed E-state index contributed by atoms with van der Waals surface area (Å²) >= 11 is 0. The molecule has 4 aromatic rings. The van der Waals surface area contributed by atoms with E-state index in [1.807, 2.05) is 110 Å². The summed E-state index contributed by atoms with van der Waals surface area (Å²) in [6.07, 6.45) is 13.6. The number of rotatable bonds is 12. The SMILES string of the molecule is [Br-].[Br-].c1cc[n+](N(CCCOCCCN(c2ccccn2)[n+]2ccccc2)c2ccccn2)cc1. The van der Waals surface area contributed by atoms with Crippen LogP contribution in [0.2, 0.25) is 0 Å². The van der Waals surface area contributed by atoms with Gasteiger partial charge < -0.3 is 38.7 Å². The van der Waals surface area contributed by atoms with Crippen LogP contribution in [0.1, 0.15) is 12.8 Å². The molecule has 0 aliphatic rings. The summed E-state index contributed by atoms with van der Waals surface area (Å²) in [5, 5.41) is 4.30. The summed E-state index contributed by atoms with van der Waals surface area (Å²) in [4.78, 5) is 9.02. The van der Waals surface area contributed by atoms with Crippen LogP contribution in [-0.2, 0) is 4.74 Å². The first-order valence-corrected chi connectivity index (χ1v) is 11.3. The fourth-order valence-corrected chi connectivity index (χ4v) is 3.55. The Morgan fingerprint density at radius 3 is 1.37 bits per heavy atom. The van der Waals surface area contributed by atoms with Crippen molar-refractivity contribution in [2.24, 2.45) is 0 Å². The average molecular weight is 602 g/mol. The molecule has 184 valence electrons. The summed E-state index contributed by atoms with van der Waals surface area (Å²) in [6.45, 7) is 3.01. The van der Waals surface area contributed by atoms with Crippen LogP contribution in [0.15, 0.2) is 110 Å². The minimum Gasteiger partial charge on any atom is -1.00 e. The van der Waals surface area contributed by atoms with Crippen LogP contribution in [0.5, 0.6) is 0 Å². The van der Waals surface area contributed by atoms with Gasteiger partial charge in [0, 0.05) is 49.9 Å². The molecule has 0 bridgehead atoms. The molecule has 0 amide bonds. The predicted octanol–water partition coefficient (Wildman–Crippen LogP) is -2.90. The zero-order valence-corrected chi connectivity index (χ0v) is 22.7. The number of nitrogens with zero attached hydrogens (tertiary/aromatic N) is 6. The second kappa shape index (κ2) is 15.9. The number of ether oxygens (including phenoxy) is 1. The van der Waals surface area contributed by atoms with Gasteiger partial charge in [-0.3, -0.25) is 0 Å². The molecule has 0 saturated carbocycles. The molecule has 0 atom stereocenters. The monoisotopic (exact) mass is 600 g/mol. The molecule has 0 unspecified atom stereocenters. The minimum atomic E-state index is 0. The third-order valence-electron chi connectivity index (χ3n) is 5.10. The van der Waals surface area contributed by atoms with Crippen LogP contribution in [0.4, 0.5) is 11.6 Å². The highest BCUT2D eigenvalue weighted by Gasteiger charge is 2.17. The zero-order valence-electron chi connectivity index (χ0n) is 19.5. The maximum atomic E-state index is 5.97. The predicted molar refractivity (Wildman–Crippen MR) is 127 cm³/mol. The maximum absolute atomic E-state index is 5.97. The van der Waals surface area contributed by atoms with Gasteiger partial charge in [-0.1, -0.05) is 33.6 Å². The van der Waals surface area contributed by atoms with E-state index in [1.165, 1.54) is 0 Å². The van der Waals surface area contributed by atoms with E-state index in [0.29, 0.717) is 13.2 Å². The zero-order chi connectivity index (χ0) is 22.6. The van der Waals surface area contributed by atoms with Crippen molar-refractivity contribution in [3.8, 4) is 0 Å². The van der Waals surface area contributed by atoms with E-state index in [2.05, 4.69) is 29.3 Å². The molecule has 4 rings (SSSR count). The Morgan fingerprint density at radius 2 is 1.00 bits per heavy atom. The fourth-order valence-electron chi connectivity index (χ4n) is 3.55. The van der Waals surface area contributed by atoms with Crippen LogP contribution in [0.3, 0.4) is 0 Å². The third-order valence-corrected chi connectivity index (χ3v) is 5.10. The molecular formula is C26H30Br2N6O. The largest absolute Gasteiger partial charge is 1.00 e. The Balaban J connectivity index is 0.00000216. The highest BCUT2D eigenvalue weighted by molar-refractivity contribution is 5.34. The molecule has 0 aromatic carbocycles. The highest BCUT2D eigenvalue weighted by Crippen LogP contribution is 2.08. The van der Waals surface area contributed by atoms with Gasteiger partial charge in [0.15, 0.2) is 36.4 Å². The van der Waals surface area contributed by atoms with Crippen molar-refractivity contribution in [2.75, 3.05) is 36.3 Å². The number of hydrogen-bond acceptors (Lipinski definition) is 5. The lowest BCUT2D eigenvalue weighted by molar-refractivity contribution is -0.684. The van der Waals surface area contributed by atoms with E-state index < -0.39 is 0 Å². The number of anilines is 2. The number of pyridine rings is 4. The minimum absolute atomic E-state index is 0. The molecule has 0 saturated heterocycles. The summed E-state index contributed by atoms with van der Waals surface area (Å²) in [5.74, 6) is 1.83. The van der Waals surface area contributed by atoms with Gasteiger partial charge in [0.05, 0.1) is 13.1 Å². The Kier molecular flexibility index (Phi) is 12.9. The molecular weight excluding hydrogens is 572 g/mol. The van der Waals surface area contributed by atoms with Crippen LogP contribution in [-0.4, -0.2) is 36.3 Å². The van der Waals surface area contributed by atoms with Crippen molar-refractivity contribution < 1.29 is 48.1 Å². The van der Waals surface area contributed by atoms with Crippen molar-refractivity contribution in [2.45, 2.75) is 12.8 Å². The van der Waals surface area contributed by atoms with Gasteiger partial charge in [0.2, 0.25) is 0 Å². The number of aromatic nitrogens is 4. The summed E-state index contributed by atoms with van der Waals surface area (Å²) in [5.41, 5.74) is 0. The van der Waals surface area contributed by atoms with E-state index in [-0.39, 0.29) is 34.0 Å². The lowest BCUT2D eigenvalue weighted by Gasteiger charge is -2.17. The van der Waals surface area contributed by atoms with Crippen molar-refractivity contribution in [3.05, 3.63) is 110 Å². The first kappa shape index (κ1) is 28.4. The topological polar surface area (TPSA) is 49.3 Å². The van der Waals surface area contributed by atoms with E-state index in [9.17, 15) is 0 Å². The molecule has 0 aliphatic heterocycles. The third kappa shape index (κ3) is 8.69. The Bertz CT molecular complexity index is 896. The van der Waals surface area contributed by atoms with Crippen LogP contribution >= 0.6 is 0 Å². The van der Waals surface area contributed by atoms with Gasteiger partial charge in [-0.05, 0) is 37.1 Å². The first-order valence-electron chi connectivity index (χ1n) is 11.3. The molecule has 35 heavy (non-hydrogen) atoms. The Hall–Kier alpha value is -2.88. The summed E-state index contributed by atoms with van der Waals surface area (Å²) in [7, 11) is 0. The average Bonchev–Trinajstić information content (AvgIpc) is 2.90. The molecule has 7 nitrogen and oxygen atoms in total. The Labute approximate surface area is 228 Å². The van der Waals surface area contributed by atoms with Crippen LogP contribution in [0.25, 0.3) is 0 Å². The van der Waals surface area contributed by atoms with Gasteiger partial charge in [-0.15, -0.1) is 10.0 Å². The van der Waals surface area contributed by atoms with Crippen LogP contribution in [0, 0.1) is 0 Å². The van der Waals surface area contributed by atoms with E-state index in [0.717, 1.165) is 37.6 Å². The lowest BCUT2D eigenvalue weighted by atomic mass is 10.4. The van der Waals surface area contributed by atoms with E-state index >= 15 is 0 Å². The molecule has 9 heteroatoms. The number of halogens is 2. The van der Waals surface area contributed by atoms with Gasteiger partial charge in [0.1, 0.15) is 0 Å². The molecule has 0 N–H and O–H groups in total.